The zero-order valence-electron chi connectivity index (χ0n) is 7.82. The van der Waals surface area contributed by atoms with Gasteiger partial charge in [0.05, 0.1) is 12.9 Å². The van der Waals surface area contributed by atoms with Gasteiger partial charge < -0.3 is 14.5 Å². The molecule has 1 fully saturated rings. The predicted molar refractivity (Wildman–Crippen MR) is 49.7 cm³/mol. The Balaban J connectivity index is 1.91. The monoisotopic (exact) mass is 181 g/mol. The Kier molecular flexibility index (Phi) is 2.66. The third kappa shape index (κ3) is 1.92. The van der Waals surface area contributed by atoms with Crippen LogP contribution in [0.4, 0.5) is 0 Å². The van der Waals surface area contributed by atoms with Crippen molar-refractivity contribution in [3.63, 3.8) is 0 Å². The second-order valence-corrected chi connectivity index (χ2v) is 3.51. The van der Waals surface area contributed by atoms with Crippen LogP contribution in [0.2, 0.25) is 0 Å². The minimum absolute atomic E-state index is 0.486. The summed E-state index contributed by atoms with van der Waals surface area (Å²) in [6, 6.07) is 4.47. The fraction of sp³-hybridized carbons (Fsp3) is 0.600. The van der Waals surface area contributed by atoms with Crippen LogP contribution in [0.15, 0.2) is 22.8 Å². The van der Waals surface area contributed by atoms with Gasteiger partial charge in [0.15, 0.2) is 0 Å². The summed E-state index contributed by atoms with van der Waals surface area (Å²) in [4.78, 5) is 0. The van der Waals surface area contributed by atoms with Crippen LogP contribution in [0.5, 0.6) is 0 Å². The molecule has 0 saturated carbocycles. The van der Waals surface area contributed by atoms with Gasteiger partial charge >= 0.3 is 0 Å². The number of nitrogens with one attached hydrogen (secondary N) is 1. The van der Waals surface area contributed by atoms with Crippen LogP contribution in [0.3, 0.4) is 0 Å². The SMILES string of the molecule is COCC1CC(c2ccco2)CN1. The zero-order chi connectivity index (χ0) is 9.10. The number of rotatable bonds is 3. The van der Waals surface area contributed by atoms with Crippen LogP contribution in [0.1, 0.15) is 18.1 Å². The molecule has 1 aliphatic heterocycles. The Morgan fingerprint density at radius 2 is 2.62 bits per heavy atom. The number of ether oxygens (including phenoxy) is 1. The minimum Gasteiger partial charge on any atom is -0.469 e. The van der Waals surface area contributed by atoms with Gasteiger partial charge in [0, 0.05) is 25.6 Å². The smallest absolute Gasteiger partial charge is 0.108 e. The van der Waals surface area contributed by atoms with Gasteiger partial charge in [-0.2, -0.15) is 0 Å². The standard InChI is InChI=1S/C10H15NO2/c1-12-7-9-5-8(6-11-9)10-3-2-4-13-10/h2-4,8-9,11H,5-7H2,1H3. The Morgan fingerprint density at radius 1 is 1.69 bits per heavy atom. The fourth-order valence-electron chi connectivity index (χ4n) is 1.89. The maximum Gasteiger partial charge on any atom is 0.108 e. The first-order chi connectivity index (χ1) is 6.40. The molecule has 1 aliphatic rings. The molecule has 3 heteroatoms. The average Bonchev–Trinajstić information content (AvgIpc) is 2.70. The van der Waals surface area contributed by atoms with E-state index in [1.807, 2.05) is 12.1 Å². The third-order valence-corrected chi connectivity index (χ3v) is 2.54. The van der Waals surface area contributed by atoms with Crippen LogP contribution >= 0.6 is 0 Å². The summed E-state index contributed by atoms with van der Waals surface area (Å²) >= 11 is 0. The lowest BCUT2D eigenvalue weighted by molar-refractivity contribution is 0.173. The van der Waals surface area contributed by atoms with Crippen LogP contribution in [0, 0.1) is 0 Å². The van der Waals surface area contributed by atoms with Gasteiger partial charge in [-0.25, -0.2) is 0 Å². The quantitative estimate of drug-likeness (QED) is 0.764. The van der Waals surface area contributed by atoms with Crippen molar-refractivity contribution in [1.82, 2.24) is 5.32 Å². The minimum atomic E-state index is 0.486. The summed E-state index contributed by atoms with van der Waals surface area (Å²) in [5.74, 6) is 1.61. The van der Waals surface area contributed by atoms with E-state index in [1.54, 1.807) is 13.4 Å². The normalized spacial score (nSPS) is 28.1. The van der Waals surface area contributed by atoms with Gasteiger partial charge in [0.2, 0.25) is 0 Å². The summed E-state index contributed by atoms with van der Waals surface area (Å²) in [6.07, 6.45) is 2.85. The van der Waals surface area contributed by atoms with Gasteiger partial charge in [-0.05, 0) is 18.6 Å². The van der Waals surface area contributed by atoms with E-state index in [1.165, 1.54) is 0 Å². The molecule has 0 aromatic carbocycles. The first-order valence-electron chi connectivity index (χ1n) is 4.66. The van der Waals surface area contributed by atoms with Crippen molar-refractivity contribution in [1.29, 1.82) is 0 Å². The van der Waals surface area contributed by atoms with Crippen molar-refractivity contribution in [3.8, 4) is 0 Å². The molecule has 0 radical (unpaired) electrons. The topological polar surface area (TPSA) is 34.4 Å². The lowest BCUT2D eigenvalue weighted by atomic mass is 10.0. The molecule has 2 unspecified atom stereocenters. The van der Waals surface area contributed by atoms with Gasteiger partial charge in [0.1, 0.15) is 5.76 Å². The highest BCUT2D eigenvalue weighted by Gasteiger charge is 2.26. The maximum absolute atomic E-state index is 5.36. The van der Waals surface area contributed by atoms with Gasteiger partial charge in [0.25, 0.3) is 0 Å². The van der Waals surface area contributed by atoms with E-state index in [9.17, 15) is 0 Å². The first kappa shape index (κ1) is 8.78. The highest BCUT2D eigenvalue weighted by molar-refractivity contribution is 5.09. The molecule has 1 aromatic heterocycles. The summed E-state index contributed by atoms with van der Waals surface area (Å²) in [7, 11) is 1.74. The van der Waals surface area contributed by atoms with Crippen LogP contribution < -0.4 is 5.32 Å². The van der Waals surface area contributed by atoms with Crippen molar-refractivity contribution in [2.75, 3.05) is 20.3 Å². The molecule has 2 rings (SSSR count). The summed E-state index contributed by atoms with van der Waals surface area (Å²) in [5.41, 5.74) is 0. The largest absolute Gasteiger partial charge is 0.469 e. The van der Waals surface area contributed by atoms with E-state index in [0.717, 1.165) is 25.3 Å². The Morgan fingerprint density at radius 3 is 3.31 bits per heavy atom. The maximum atomic E-state index is 5.36. The molecule has 1 aromatic rings. The highest BCUT2D eigenvalue weighted by atomic mass is 16.5. The number of methoxy groups -OCH3 is 1. The predicted octanol–water partition coefficient (Wildman–Crippen LogP) is 1.37. The van der Waals surface area contributed by atoms with Gasteiger partial charge in [-0.1, -0.05) is 0 Å². The lowest BCUT2D eigenvalue weighted by Gasteiger charge is -2.07. The van der Waals surface area contributed by atoms with E-state index >= 15 is 0 Å². The highest BCUT2D eigenvalue weighted by Crippen LogP contribution is 2.25. The molecule has 0 amide bonds. The molecular formula is C10H15NO2. The molecule has 1 saturated heterocycles. The van der Waals surface area contributed by atoms with E-state index < -0.39 is 0 Å². The molecule has 3 nitrogen and oxygen atoms in total. The van der Waals surface area contributed by atoms with Crippen LogP contribution in [-0.2, 0) is 4.74 Å². The summed E-state index contributed by atoms with van der Waals surface area (Å²) < 4.78 is 10.5. The van der Waals surface area contributed by atoms with E-state index in [4.69, 9.17) is 9.15 Å². The molecule has 2 atom stereocenters. The van der Waals surface area contributed by atoms with Crippen molar-refractivity contribution >= 4 is 0 Å². The lowest BCUT2D eigenvalue weighted by Crippen LogP contribution is -2.25. The molecule has 0 bridgehead atoms. The molecule has 72 valence electrons. The molecule has 0 spiro atoms. The molecular weight excluding hydrogens is 166 g/mol. The third-order valence-electron chi connectivity index (χ3n) is 2.54. The summed E-state index contributed by atoms with van der Waals surface area (Å²) in [6.45, 7) is 1.79. The van der Waals surface area contributed by atoms with E-state index in [-0.39, 0.29) is 0 Å². The van der Waals surface area contributed by atoms with Crippen molar-refractivity contribution in [3.05, 3.63) is 24.2 Å². The van der Waals surface area contributed by atoms with Gasteiger partial charge in [-0.15, -0.1) is 0 Å². The number of hydrogen-bond donors (Lipinski definition) is 1. The zero-order valence-corrected chi connectivity index (χ0v) is 7.82. The fourth-order valence-corrected chi connectivity index (χ4v) is 1.89. The summed E-state index contributed by atoms with van der Waals surface area (Å²) in [5, 5.41) is 3.41. The second kappa shape index (κ2) is 3.94. The molecule has 2 heterocycles. The van der Waals surface area contributed by atoms with Gasteiger partial charge in [-0.3, -0.25) is 0 Å². The number of hydrogen-bond acceptors (Lipinski definition) is 3. The second-order valence-electron chi connectivity index (χ2n) is 3.51. The Hall–Kier alpha value is -0.800. The van der Waals surface area contributed by atoms with Crippen LogP contribution in [-0.4, -0.2) is 26.3 Å². The first-order valence-corrected chi connectivity index (χ1v) is 4.66. The van der Waals surface area contributed by atoms with Crippen molar-refractivity contribution in [2.45, 2.75) is 18.4 Å². The molecule has 0 aliphatic carbocycles. The Labute approximate surface area is 78.1 Å². The number of furan rings is 1. The average molecular weight is 181 g/mol. The Bertz CT molecular complexity index is 245. The van der Waals surface area contributed by atoms with Crippen molar-refractivity contribution < 1.29 is 9.15 Å². The van der Waals surface area contributed by atoms with E-state index in [0.29, 0.717) is 12.0 Å². The molecule has 13 heavy (non-hydrogen) atoms. The van der Waals surface area contributed by atoms with E-state index in [2.05, 4.69) is 5.32 Å². The van der Waals surface area contributed by atoms with Crippen molar-refractivity contribution in [2.24, 2.45) is 0 Å². The van der Waals surface area contributed by atoms with Crippen LogP contribution in [0.25, 0.3) is 0 Å². The molecule has 1 N–H and O–H groups in total.